The first-order valence-electron chi connectivity index (χ1n) is 8.73. The molecule has 0 saturated heterocycles. The molecule has 4 heteroatoms. The molecule has 1 N–H and O–H groups in total. The lowest BCUT2D eigenvalue weighted by Crippen LogP contribution is -2.33. The van der Waals surface area contributed by atoms with Crippen molar-refractivity contribution >= 4 is 5.97 Å². The molecular formula is C21H27NO3. The summed E-state index contributed by atoms with van der Waals surface area (Å²) in [5.74, 6) is 0.661. The van der Waals surface area contributed by atoms with Crippen LogP contribution in [0.15, 0.2) is 54.6 Å². The van der Waals surface area contributed by atoms with E-state index in [2.05, 4.69) is 41.2 Å². The van der Waals surface area contributed by atoms with Crippen molar-refractivity contribution in [2.75, 3.05) is 20.3 Å². The fraction of sp³-hybridized carbons (Fsp3) is 0.381. The molecule has 0 bridgehead atoms. The molecule has 134 valence electrons. The van der Waals surface area contributed by atoms with Gasteiger partial charge in [-0.15, -0.1) is 0 Å². The number of ether oxygens (including phenoxy) is 2. The number of aryl methyl sites for hydroxylation is 1. The standard InChI is InChI=1S/C21H27NO3/c1-17(22-15-14-18-6-4-3-5-7-18)16-25-20-11-8-19(9-12-20)10-13-21(23)24-2/h3-9,11-12,17,22H,10,13-16H2,1-2H3. The first-order chi connectivity index (χ1) is 12.2. The van der Waals surface area contributed by atoms with Crippen LogP contribution >= 0.6 is 0 Å². The van der Waals surface area contributed by atoms with Crippen LogP contribution in [0.25, 0.3) is 0 Å². The van der Waals surface area contributed by atoms with Gasteiger partial charge in [-0.2, -0.15) is 0 Å². The third-order valence-corrected chi connectivity index (χ3v) is 4.02. The van der Waals surface area contributed by atoms with Crippen molar-refractivity contribution in [3.63, 3.8) is 0 Å². The number of carbonyl (C=O) groups is 1. The minimum Gasteiger partial charge on any atom is -0.492 e. The minimum absolute atomic E-state index is 0.185. The largest absolute Gasteiger partial charge is 0.492 e. The van der Waals surface area contributed by atoms with E-state index in [1.54, 1.807) is 0 Å². The molecule has 1 atom stereocenters. The first-order valence-corrected chi connectivity index (χ1v) is 8.73. The van der Waals surface area contributed by atoms with Gasteiger partial charge in [-0.05, 0) is 49.6 Å². The van der Waals surface area contributed by atoms with E-state index < -0.39 is 0 Å². The predicted octanol–water partition coefficient (Wildman–Crippen LogP) is 3.39. The number of carbonyl (C=O) groups excluding carboxylic acids is 1. The summed E-state index contributed by atoms with van der Waals surface area (Å²) in [7, 11) is 1.41. The second-order valence-corrected chi connectivity index (χ2v) is 6.12. The van der Waals surface area contributed by atoms with E-state index in [1.165, 1.54) is 12.7 Å². The van der Waals surface area contributed by atoms with Crippen LogP contribution in [0.3, 0.4) is 0 Å². The molecule has 0 aliphatic heterocycles. The maximum atomic E-state index is 11.2. The van der Waals surface area contributed by atoms with Crippen molar-refractivity contribution in [3.05, 3.63) is 65.7 Å². The fourth-order valence-electron chi connectivity index (χ4n) is 2.49. The Bertz CT molecular complexity index is 625. The van der Waals surface area contributed by atoms with E-state index in [0.29, 0.717) is 19.4 Å². The normalized spacial score (nSPS) is 11.8. The van der Waals surface area contributed by atoms with Crippen LogP contribution in [0.2, 0.25) is 0 Å². The van der Waals surface area contributed by atoms with Crippen LogP contribution in [-0.2, 0) is 22.4 Å². The maximum Gasteiger partial charge on any atom is 0.305 e. The Morgan fingerprint density at radius 2 is 1.68 bits per heavy atom. The van der Waals surface area contributed by atoms with E-state index in [-0.39, 0.29) is 12.0 Å². The molecule has 2 aromatic rings. The van der Waals surface area contributed by atoms with Gasteiger partial charge in [-0.3, -0.25) is 4.79 Å². The highest BCUT2D eigenvalue weighted by Gasteiger charge is 2.04. The molecule has 1 unspecified atom stereocenters. The van der Waals surface area contributed by atoms with Gasteiger partial charge in [0.2, 0.25) is 0 Å². The highest BCUT2D eigenvalue weighted by atomic mass is 16.5. The molecular weight excluding hydrogens is 314 g/mol. The molecule has 0 radical (unpaired) electrons. The third-order valence-electron chi connectivity index (χ3n) is 4.02. The van der Waals surface area contributed by atoms with Crippen molar-refractivity contribution in [2.45, 2.75) is 32.2 Å². The summed E-state index contributed by atoms with van der Waals surface area (Å²) in [5, 5.41) is 3.48. The van der Waals surface area contributed by atoms with Gasteiger partial charge in [0.15, 0.2) is 0 Å². The highest BCUT2D eigenvalue weighted by Crippen LogP contribution is 2.14. The Morgan fingerprint density at radius 1 is 1.00 bits per heavy atom. The molecule has 2 rings (SSSR count). The van der Waals surface area contributed by atoms with Gasteiger partial charge >= 0.3 is 5.97 Å². The van der Waals surface area contributed by atoms with Gasteiger partial charge in [0.05, 0.1) is 7.11 Å². The average molecular weight is 341 g/mol. The summed E-state index contributed by atoms with van der Waals surface area (Å²) in [4.78, 5) is 11.2. The molecule has 4 nitrogen and oxygen atoms in total. The second-order valence-electron chi connectivity index (χ2n) is 6.12. The van der Waals surface area contributed by atoms with Crippen LogP contribution in [0.5, 0.6) is 5.75 Å². The summed E-state index contributed by atoms with van der Waals surface area (Å²) in [5.41, 5.74) is 2.44. The number of hydrogen-bond acceptors (Lipinski definition) is 4. The van der Waals surface area contributed by atoms with E-state index in [4.69, 9.17) is 4.74 Å². The SMILES string of the molecule is COC(=O)CCc1ccc(OCC(C)NCCc2ccccc2)cc1. The Kier molecular flexibility index (Phi) is 7.99. The van der Waals surface area contributed by atoms with E-state index in [1.807, 2.05) is 30.3 Å². The number of rotatable bonds is 10. The van der Waals surface area contributed by atoms with Crippen LogP contribution in [-0.4, -0.2) is 32.3 Å². The van der Waals surface area contributed by atoms with Crippen molar-refractivity contribution in [3.8, 4) is 5.75 Å². The number of benzene rings is 2. The van der Waals surface area contributed by atoms with E-state index in [0.717, 1.165) is 24.3 Å². The molecule has 0 saturated carbocycles. The Hall–Kier alpha value is -2.33. The highest BCUT2D eigenvalue weighted by molar-refractivity contribution is 5.69. The van der Waals surface area contributed by atoms with Crippen LogP contribution < -0.4 is 10.1 Å². The Balaban J connectivity index is 1.65. The van der Waals surface area contributed by atoms with Gasteiger partial charge in [-0.25, -0.2) is 0 Å². The summed E-state index contributed by atoms with van der Waals surface area (Å²) in [6, 6.07) is 18.6. The quantitative estimate of drug-likeness (QED) is 0.673. The summed E-state index contributed by atoms with van der Waals surface area (Å²) in [6.07, 6.45) is 2.10. The zero-order valence-electron chi connectivity index (χ0n) is 15.0. The first kappa shape index (κ1) is 19.0. The number of methoxy groups -OCH3 is 1. The molecule has 25 heavy (non-hydrogen) atoms. The number of hydrogen-bond donors (Lipinski definition) is 1. The zero-order valence-corrected chi connectivity index (χ0v) is 15.0. The molecule has 0 aromatic heterocycles. The number of esters is 1. The smallest absolute Gasteiger partial charge is 0.305 e. The van der Waals surface area contributed by atoms with Gasteiger partial charge in [0, 0.05) is 12.5 Å². The van der Waals surface area contributed by atoms with Crippen LogP contribution in [0.1, 0.15) is 24.5 Å². The van der Waals surface area contributed by atoms with Gasteiger partial charge in [-0.1, -0.05) is 42.5 Å². The van der Waals surface area contributed by atoms with Gasteiger partial charge in [0.25, 0.3) is 0 Å². The summed E-state index contributed by atoms with van der Waals surface area (Å²) >= 11 is 0. The van der Waals surface area contributed by atoms with E-state index >= 15 is 0 Å². The molecule has 0 aliphatic rings. The molecule has 0 fully saturated rings. The molecule has 0 spiro atoms. The maximum absolute atomic E-state index is 11.2. The van der Waals surface area contributed by atoms with Crippen LogP contribution in [0, 0.1) is 0 Å². The lowest BCUT2D eigenvalue weighted by atomic mass is 10.1. The molecule has 0 heterocycles. The van der Waals surface area contributed by atoms with Crippen molar-refractivity contribution < 1.29 is 14.3 Å². The number of nitrogens with one attached hydrogen (secondary N) is 1. The second kappa shape index (κ2) is 10.5. The Labute approximate surface area is 150 Å². The van der Waals surface area contributed by atoms with Gasteiger partial charge in [0.1, 0.15) is 12.4 Å². The predicted molar refractivity (Wildman–Crippen MR) is 99.9 cm³/mol. The third kappa shape index (κ3) is 7.40. The molecule has 2 aromatic carbocycles. The fourth-order valence-corrected chi connectivity index (χ4v) is 2.49. The lowest BCUT2D eigenvalue weighted by Gasteiger charge is -2.15. The topological polar surface area (TPSA) is 47.6 Å². The summed E-state index contributed by atoms with van der Waals surface area (Å²) < 4.78 is 10.5. The minimum atomic E-state index is -0.185. The molecule has 0 aliphatic carbocycles. The summed E-state index contributed by atoms with van der Waals surface area (Å²) in [6.45, 7) is 3.67. The monoisotopic (exact) mass is 341 g/mol. The zero-order chi connectivity index (χ0) is 17.9. The average Bonchev–Trinajstić information content (AvgIpc) is 2.66. The van der Waals surface area contributed by atoms with Crippen molar-refractivity contribution in [1.82, 2.24) is 5.32 Å². The molecule has 0 amide bonds. The van der Waals surface area contributed by atoms with Crippen LogP contribution in [0.4, 0.5) is 0 Å². The van der Waals surface area contributed by atoms with Gasteiger partial charge < -0.3 is 14.8 Å². The van der Waals surface area contributed by atoms with Crippen molar-refractivity contribution in [2.24, 2.45) is 0 Å². The Morgan fingerprint density at radius 3 is 2.36 bits per heavy atom. The van der Waals surface area contributed by atoms with Crippen molar-refractivity contribution in [1.29, 1.82) is 0 Å². The lowest BCUT2D eigenvalue weighted by molar-refractivity contribution is -0.140. The van der Waals surface area contributed by atoms with E-state index in [9.17, 15) is 4.79 Å².